The van der Waals surface area contributed by atoms with Gasteiger partial charge in [-0.2, -0.15) is 4.98 Å². The normalized spacial score (nSPS) is 14.9. The van der Waals surface area contributed by atoms with Gasteiger partial charge in [-0.15, -0.1) is 0 Å². The Morgan fingerprint density at radius 3 is 2.49 bits per heavy atom. The minimum atomic E-state index is -3.55. The van der Waals surface area contributed by atoms with E-state index in [0.29, 0.717) is 23.0 Å². The summed E-state index contributed by atoms with van der Waals surface area (Å²) in [4.78, 5) is 9.00. The number of ether oxygens (including phenoxy) is 1. The highest BCUT2D eigenvalue weighted by Crippen LogP contribution is 2.38. The van der Waals surface area contributed by atoms with E-state index in [1.54, 1.807) is 52.0 Å². The van der Waals surface area contributed by atoms with Crippen LogP contribution in [0, 0.1) is 6.92 Å². The number of anilines is 4. The van der Waals surface area contributed by atoms with Crippen LogP contribution in [0.4, 0.5) is 23.1 Å². The van der Waals surface area contributed by atoms with E-state index in [-0.39, 0.29) is 21.7 Å². The molecule has 4 rings (SSSR count). The Kier molecular flexibility index (Phi) is 8.70. The molecule has 0 atom stereocenters. The lowest BCUT2D eigenvalue weighted by atomic mass is 9.87. The van der Waals surface area contributed by atoms with Crippen LogP contribution in [0.25, 0.3) is 0 Å². The van der Waals surface area contributed by atoms with Crippen LogP contribution in [0.15, 0.2) is 47.5 Å². The van der Waals surface area contributed by atoms with Crippen LogP contribution in [0.1, 0.15) is 57.6 Å². The molecule has 210 valence electrons. The maximum Gasteiger partial charge on any atom is 0.229 e. The van der Waals surface area contributed by atoms with Crippen LogP contribution in [0.3, 0.4) is 0 Å². The van der Waals surface area contributed by atoms with Crippen LogP contribution in [0.5, 0.6) is 5.75 Å². The number of hydrogen-bond donors (Lipinski definition) is 4. The summed E-state index contributed by atoms with van der Waals surface area (Å²) in [5, 5.41) is 19.7. The number of piperidine rings is 1. The molecule has 11 heteroatoms. The third-order valence-electron chi connectivity index (χ3n) is 6.56. The van der Waals surface area contributed by atoms with E-state index in [1.165, 1.54) is 11.8 Å². The summed E-state index contributed by atoms with van der Waals surface area (Å²) in [6, 6.07) is 10.6. The molecule has 1 aromatic heterocycles. The van der Waals surface area contributed by atoms with Crippen molar-refractivity contribution in [2.45, 2.75) is 69.3 Å². The van der Waals surface area contributed by atoms with Crippen LogP contribution in [0.2, 0.25) is 5.02 Å². The molecule has 2 heterocycles. The van der Waals surface area contributed by atoms with E-state index in [1.807, 2.05) is 12.1 Å². The van der Waals surface area contributed by atoms with Gasteiger partial charge in [0.25, 0.3) is 0 Å². The van der Waals surface area contributed by atoms with E-state index in [0.717, 1.165) is 31.5 Å². The van der Waals surface area contributed by atoms with Crippen molar-refractivity contribution in [3.8, 4) is 5.75 Å². The largest absolute Gasteiger partial charge is 0.461 e. The molecule has 0 aliphatic carbocycles. The molecule has 9 nitrogen and oxygen atoms in total. The maximum atomic E-state index is 12.9. The number of rotatable bonds is 9. The number of nitrogens with zero attached hydrogens (tertiary/aromatic N) is 2. The second kappa shape index (κ2) is 11.7. The standard InChI is InChI=1S/C28H36ClN5O4S/c1-17(2)39(36,37)25-9-7-6-8-22(25)32-26-21(29)16-31-27(34-26)33-23-14-18(3)20(19-10-12-30-13-11-19)15-24(23)38-28(4,5)35/h6-9,14-17,19,30,35H,10-13H2,1-5H3,(H2,31,32,33,34). The predicted molar refractivity (Wildman–Crippen MR) is 155 cm³/mol. The second-order valence-electron chi connectivity index (χ2n) is 10.5. The van der Waals surface area contributed by atoms with Crippen molar-refractivity contribution >= 4 is 44.6 Å². The number of nitrogens with one attached hydrogen (secondary N) is 3. The number of benzene rings is 2. The molecular formula is C28H36ClN5O4S. The molecule has 0 bridgehead atoms. The van der Waals surface area contributed by atoms with Crippen LogP contribution in [-0.4, -0.2) is 47.6 Å². The van der Waals surface area contributed by atoms with Crippen LogP contribution >= 0.6 is 11.6 Å². The average Bonchev–Trinajstić information content (AvgIpc) is 2.87. The highest BCUT2D eigenvalue weighted by molar-refractivity contribution is 7.92. The summed E-state index contributed by atoms with van der Waals surface area (Å²) < 4.78 is 31.7. The first-order chi connectivity index (χ1) is 18.3. The summed E-state index contributed by atoms with van der Waals surface area (Å²) >= 11 is 6.40. The lowest BCUT2D eigenvalue weighted by Crippen LogP contribution is -2.28. The molecule has 4 N–H and O–H groups in total. The quantitative estimate of drug-likeness (QED) is 0.239. The van der Waals surface area contributed by atoms with Gasteiger partial charge in [0.15, 0.2) is 15.7 Å². The molecule has 0 unspecified atom stereocenters. The molecule has 0 spiro atoms. The maximum absolute atomic E-state index is 12.9. The lowest BCUT2D eigenvalue weighted by Gasteiger charge is -2.28. The van der Waals surface area contributed by atoms with Gasteiger partial charge in [-0.25, -0.2) is 13.4 Å². The number of aliphatic hydroxyl groups is 1. The monoisotopic (exact) mass is 573 g/mol. The molecule has 0 saturated carbocycles. The van der Waals surface area contributed by atoms with Gasteiger partial charge in [0.2, 0.25) is 11.7 Å². The Morgan fingerprint density at radius 1 is 1.13 bits per heavy atom. The Bertz CT molecular complexity index is 1430. The van der Waals surface area contributed by atoms with Crippen LogP contribution in [-0.2, 0) is 9.84 Å². The van der Waals surface area contributed by atoms with Crippen LogP contribution < -0.4 is 20.7 Å². The highest BCUT2D eigenvalue weighted by Gasteiger charge is 2.25. The van der Waals surface area contributed by atoms with Gasteiger partial charge < -0.3 is 25.8 Å². The molecule has 1 fully saturated rings. The number of aromatic nitrogens is 2. The minimum absolute atomic E-state index is 0.161. The second-order valence-corrected chi connectivity index (χ2v) is 13.4. The number of sulfone groups is 1. The topological polar surface area (TPSA) is 125 Å². The zero-order chi connectivity index (χ0) is 28.4. The van der Waals surface area contributed by atoms with Crippen molar-refractivity contribution in [2.24, 2.45) is 0 Å². The minimum Gasteiger partial charge on any atom is -0.461 e. The Balaban J connectivity index is 1.68. The lowest BCUT2D eigenvalue weighted by molar-refractivity contribution is -0.104. The molecule has 1 aliphatic rings. The fourth-order valence-electron chi connectivity index (χ4n) is 4.56. The van der Waals surface area contributed by atoms with Crippen molar-refractivity contribution < 1.29 is 18.3 Å². The number of halogens is 1. The summed E-state index contributed by atoms with van der Waals surface area (Å²) in [6.45, 7) is 10.4. The Labute approximate surface area is 235 Å². The Hall–Kier alpha value is -2.92. The van der Waals surface area contributed by atoms with E-state index >= 15 is 0 Å². The van der Waals surface area contributed by atoms with Gasteiger partial charge in [0.1, 0.15) is 10.8 Å². The zero-order valence-corrected chi connectivity index (χ0v) is 24.4. The van der Waals surface area contributed by atoms with Gasteiger partial charge in [-0.3, -0.25) is 0 Å². The number of hydrogen-bond acceptors (Lipinski definition) is 9. The molecule has 0 amide bonds. The molecule has 1 aliphatic heterocycles. The Morgan fingerprint density at radius 2 is 1.82 bits per heavy atom. The van der Waals surface area contributed by atoms with E-state index in [4.69, 9.17) is 16.3 Å². The molecule has 39 heavy (non-hydrogen) atoms. The first kappa shape index (κ1) is 29.1. The van der Waals surface area contributed by atoms with Crippen molar-refractivity contribution in [3.63, 3.8) is 0 Å². The van der Waals surface area contributed by atoms with Crippen molar-refractivity contribution in [1.82, 2.24) is 15.3 Å². The predicted octanol–water partition coefficient (Wildman–Crippen LogP) is 5.68. The average molecular weight is 574 g/mol. The van der Waals surface area contributed by atoms with Gasteiger partial charge in [-0.05, 0) is 88.0 Å². The van der Waals surface area contributed by atoms with Crippen molar-refractivity contribution in [2.75, 3.05) is 23.7 Å². The number of aryl methyl sites for hydroxylation is 1. The van der Waals surface area contributed by atoms with E-state index in [2.05, 4.69) is 32.8 Å². The third kappa shape index (κ3) is 7.00. The molecule has 0 radical (unpaired) electrons. The first-order valence-electron chi connectivity index (χ1n) is 13.0. The smallest absolute Gasteiger partial charge is 0.229 e. The van der Waals surface area contributed by atoms with Crippen molar-refractivity contribution in [3.05, 3.63) is 58.7 Å². The van der Waals surface area contributed by atoms with E-state index in [9.17, 15) is 13.5 Å². The fraction of sp³-hybridized carbons (Fsp3) is 0.429. The molecule has 2 aromatic carbocycles. The van der Waals surface area contributed by atoms with Gasteiger partial charge in [0, 0.05) is 13.8 Å². The summed E-state index contributed by atoms with van der Waals surface area (Å²) in [6.07, 6.45) is 3.49. The van der Waals surface area contributed by atoms with Gasteiger partial charge >= 0.3 is 0 Å². The zero-order valence-electron chi connectivity index (χ0n) is 22.9. The van der Waals surface area contributed by atoms with Gasteiger partial charge in [-0.1, -0.05) is 23.7 Å². The fourth-order valence-corrected chi connectivity index (χ4v) is 5.90. The van der Waals surface area contributed by atoms with Crippen molar-refractivity contribution in [1.29, 1.82) is 0 Å². The molecule has 1 saturated heterocycles. The third-order valence-corrected chi connectivity index (χ3v) is 9.05. The summed E-state index contributed by atoms with van der Waals surface area (Å²) in [7, 11) is -3.55. The molecule has 3 aromatic rings. The SMILES string of the molecule is Cc1cc(Nc2ncc(Cl)c(Nc3ccccc3S(=O)(=O)C(C)C)n2)c(OC(C)(C)O)cc1C1CCNCC1. The summed E-state index contributed by atoms with van der Waals surface area (Å²) in [5.41, 5.74) is 3.23. The van der Waals surface area contributed by atoms with E-state index < -0.39 is 20.9 Å². The first-order valence-corrected chi connectivity index (χ1v) is 14.9. The van der Waals surface area contributed by atoms with Gasteiger partial charge in [0.05, 0.1) is 27.7 Å². The number of para-hydroxylation sites is 1. The summed E-state index contributed by atoms with van der Waals surface area (Å²) in [5.74, 6) is -0.0671. The highest BCUT2D eigenvalue weighted by atomic mass is 35.5. The molecular weight excluding hydrogens is 538 g/mol.